The molecule has 108 valence electrons. The highest BCUT2D eigenvalue weighted by molar-refractivity contribution is 5.78. The van der Waals surface area contributed by atoms with Crippen molar-refractivity contribution in [1.29, 1.82) is 0 Å². The summed E-state index contributed by atoms with van der Waals surface area (Å²) in [5.74, 6) is 0. The van der Waals surface area contributed by atoms with E-state index < -0.39 is 0 Å². The van der Waals surface area contributed by atoms with Gasteiger partial charge in [0.1, 0.15) is 0 Å². The van der Waals surface area contributed by atoms with E-state index in [9.17, 15) is 0 Å². The van der Waals surface area contributed by atoms with Crippen LogP contribution in [0.3, 0.4) is 0 Å². The van der Waals surface area contributed by atoms with Crippen LogP contribution >= 0.6 is 0 Å². The molecule has 0 saturated heterocycles. The Morgan fingerprint density at radius 3 is 2.95 bits per heavy atom. The third-order valence-electron chi connectivity index (χ3n) is 4.01. The molecule has 2 atom stereocenters. The number of hydrogen-bond donors (Lipinski definition) is 2. The van der Waals surface area contributed by atoms with Gasteiger partial charge in [0, 0.05) is 23.5 Å². The Kier molecular flexibility index (Phi) is 3.61. The molecular weight excluding hydrogens is 250 g/mol. The van der Waals surface area contributed by atoms with Crippen molar-refractivity contribution in [2.24, 2.45) is 5.73 Å². The Morgan fingerprint density at radius 2 is 2.20 bits per heavy atom. The Labute approximate surface area is 119 Å². The summed E-state index contributed by atoms with van der Waals surface area (Å²) in [6, 6.07) is 3.27. The second-order valence-corrected chi connectivity index (χ2v) is 6.09. The summed E-state index contributed by atoms with van der Waals surface area (Å²) >= 11 is 0. The molecule has 3 rings (SSSR count). The Balaban J connectivity index is 1.79. The van der Waals surface area contributed by atoms with E-state index in [1.54, 1.807) is 0 Å². The minimum absolute atomic E-state index is 0.329. The van der Waals surface area contributed by atoms with Crippen LogP contribution in [0.25, 0.3) is 11.0 Å². The molecule has 0 aliphatic heterocycles. The third-order valence-corrected chi connectivity index (χ3v) is 4.01. The van der Waals surface area contributed by atoms with Gasteiger partial charge in [0.05, 0.1) is 18.1 Å². The maximum Gasteiger partial charge on any atom is 0.158 e. The molecule has 1 aliphatic rings. The van der Waals surface area contributed by atoms with Crippen LogP contribution in [0, 0.1) is 0 Å². The molecule has 2 aromatic heterocycles. The van der Waals surface area contributed by atoms with Gasteiger partial charge in [0.2, 0.25) is 0 Å². The van der Waals surface area contributed by atoms with E-state index in [-0.39, 0.29) is 0 Å². The van der Waals surface area contributed by atoms with Crippen LogP contribution in [0.5, 0.6) is 0 Å². The predicted octanol–water partition coefficient (Wildman–Crippen LogP) is 2.69. The van der Waals surface area contributed by atoms with E-state index in [0.717, 1.165) is 29.6 Å². The second kappa shape index (κ2) is 5.40. The van der Waals surface area contributed by atoms with Crippen molar-refractivity contribution in [2.75, 3.05) is 5.32 Å². The summed E-state index contributed by atoms with van der Waals surface area (Å²) in [5, 5.41) is 9.05. The number of nitrogens with one attached hydrogen (secondary N) is 1. The summed E-state index contributed by atoms with van der Waals surface area (Å²) < 4.78 is 1.95. The summed E-state index contributed by atoms with van der Waals surface area (Å²) in [7, 11) is 0. The largest absolute Gasteiger partial charge is 0.381 e. The number of aromatic nitrogens is 3. The van der Waals surface area contributed by atoms with Gasteiger partial charge in [-0.3, -0.25) is 0 Å². The van der Waals surface area contributed by atoms with Crippen LogP contribution in [0.4, 0.5) is 5.69 Å². The van der Waals surface area contributed by atoms with Crippen molar-refractivity contribution >= 4 is 16.7 Å². The lowest BCUT2D eigenvalue weighted by molar-refractivity contribution is 0.409. The van der Waals surface area contributed by atoms with Crippen molar-refractivity contribution in [3.8, 4) is 0 Å². The van der Waals surface area contributed by atoms with Gasteiger partial charge < -0.3 is 11.1 Å². The zero-order valence-corrected chi connectivity index (χ0v) is 12.2. The van der Waals surface area contributed by atoms with Gasteiger partial charge in [-0.25, -0.2) is 9.67 Å². The lowest BCUT2D eigenvalue weighted by atomic mass is 9.91. The van der Waals surface area contributed by atoms with E-state index in [2.05, 4.69) is 35.3 Å². The molecule has 0 bridgehead atoms. The molecule has 2 aromatic rings. The van der Waals surface area contributed by atoms with Gasteiger partial charge >= 0.3 is 0 Å². The topological polar surface area (TPSA) is 68.8 Å². The lowest BCUT2D eigenvalue weighted by Gasteiger charge is -2.28. The molecule has 1 saturated carbocycles. The van der Waals surface area contributed by atoms with Gasteiger partial charge in [-0.15, -0.1) is 0 Å². The first-order valence-corrected chi connectivity index (χ1v) is 7.49. The molecule has 5 heteroatoms. The van der Waals surface area contributed by atoms with E-state index in [0.29, 0.717) is 18.1 Å². The van der Waals surface area contributed by atoms with E-state index in [1.165, 1.54) is 12.8 Å². The number of pyridine rings is 1. The smallest absolute Gasteiger partial charge is 0.158 e. The maximum absolute atomic E-state index is 6.04. The van der Waals surface area contributed by atoms with Gasteiger partial charge in [0.15, 0.2) is 5.65 Å². The van der Waals surface area contributed by atoms with E-state index in [4.69, 9.17) is 5.73 Å². The molecule has 2 unspecified atom stereocenters. The van der Waals surface area contributed by atoms with E-state index >= 15 is 0 Å². The molecule has 0 aromatic carbocycles. The average Bonchev–Trinajstić information content (AvgIpc) is 2.82. The predicted molar refractivity (Wildman–Crippen MR) is 81.8 cm³/mol. The lowest BCUT2D eigenvalue weighted by Crippen LogP contribution is -2.34. The van der Waals surface area contributed by atoms with Crippen molar-refractivity contribution in [2.45, 2.75) is 57.7 Å². The van der Waals surface area contributed by atoms with Gasteiger partial charge in [-0.1, -0.05) is 0 Å². The number of anilines is 1. The second-order valence-electron chi connectivity index (χ2n) is 6.09. The van der Waals surface area contributed by atoms with Crippen molar-refractivity contribution < 1.29 is 0 Å². The fraction of sp³-hybridized carbons (Fsp3) is 0.600. The molecule has 0 radical (unpaired) electrons. The van der Waals surface area contributed by atoms with Crippen LogP contribution in [0.1, 0.15) is 45.6 Å². The number of rotatable bonds is 3. The summed E-state index contributed by atoms with van der Waals surface area (Å²) in [5.41, 5.74) is 8.06. The Bertz CT molecular complexity index is 589. The quantitative estimate of drug-likeness (QED) is 0.902. The van der Waals surface area contributed by atoms with Crippen LogP contribution in [-0.2, 0) is 0 Å². The van der Waals surface area contributed by atoms with Crippen LogP contribution in [0.2, 0.25) is 0 Å². The Hall–Kier alpha value is -1.62. The summed E-state index contributed by atoms with van der Waals surface area (Å²) in [4.78, 5) is 4.55. The van der Waals surface area contributed by atoms with Crippen LogP contribution in [-0.4, -0.2) is 26.8 Å². The zero-order valence-electron chi connectivity index (χ0n) is 12.2. The third kappa shape index (κ3) is 2.63. The first-order valence-electron chi connectivity index (χ1n) is 7.49. The molecule has 1 fully saturated rings. The SMILES string of the molecule is CC(C)n1ncc2cc(NC3CCCC(N)C3)cnc21. The average molecular weight is 273 g/mol. The highest BCUT2D eigenvalue weighted by Crippen LogP contribution is 2.23. The normalized spacial score (nSPS) is 23.4. The standard InChI is InChI=1S/C15H23N5/c1-10(2)20-15-11(8-18-20)6-14(9-17-15)19-13-5-3-4-12(16)7-13/h6,8-10,12-13,19H,3-5,7,16H2,1-2H3. The monoisotopic (exact) mass is 273 g/mol. The van der Waals surface area contributed by atoms with Crippen LogP contribution < -0.4 is 11.1 Å². The highest BCUT2D eigenvalue weighted by Gasteiger charge is 2.19. The molecule has 2 heterocycles. The fourth-order valence-electron chi connectivity index (χ4n) is 2.99. The molecule has 3 N–H and O–H groups in total. The molecule has 0 spiro atoms. The van der Waals surface area contributed by atoms with Gasteiger partial charge in [-0.05, 0) is 45.6 Å². The van der Waals surface area contributed by atoms with Crippen molar-refractivity contribution in [3.63, 3.8) is 0 Å². The molecule has 5 nitrogen and oxygen atoms in total. The van der Waals surface area contributed by atoms with Crippen molar-refractivity contribution in [3.05, 3.63) is 18.5 Å². The highest BCUT2D eigenvalue weighted by atomic mass is 15.3. The number of hydrogen-bond acceptors (Lipinski definition) is 4. The number of nitrogens with zero attached hydrogens (tertiary/aromatic N) is 3. The maximum atomic E-state index is 6.04. The first-order chi connectivity index (χ1) is 9.63. The zero-order chi connectivity index (χ0) is 14.1. The van der Waals surface area contributed by atoms with Crippen LogP contribution in [0.15, 0.2) is 18.5 Å². The molecule has 20 heavy (non-hydrogen) atoms. The summed E-state index contributed by atoms with van der Waals surface area (Å²) in [6.45, 7) is 4.23. The van der Waals surface area contributed by atoms with E-state index in [1.807, 2.05) is 17.1 Å². The minimum Gasteiger partial charge on any atom is -0.381 e. The Morgan fingerprint density at radius 1 is 1.35 bits per heavy atom. The molecule has 1 aliphatic carbocycles. The number of nitrogens with two attached hydrogens (primary N) is 1. The molecular formula is C15H23N5. The number of fused-ring (bicyclic) bond motifs is 1. The van der Waals surface area contributed by atoms with Crippen molar-refractivity contribution in [1.82, 2.24) is 14.8 Å². The van der Waals surface area contributed by atoms with Gasteiger partial charge in [0.25, 0.3) is 0 Å². The molecule has 0 amide bonds. The first kappa shape index (κ1) is 13.4. The minimum atomic E-state index is 0.329. The van der Waals surface area contributed by atoms with Gasteiger partial charge in [-0.2, -0.15) is 5.10 Å². The summed E-state index contributed by atoms with van der Waals surface area (Å²) in [6.07, 6.45) is 8.39. The fourth-order valence-corrected chi connectivity index (χ4v) is 2.99.